The summed E-state index contributed by atoms with van der Waals surface area (Å²) in [6, 6.07) is 12.3. The van der Waals surface area contributed by atoms with Crippen molar-refractivity contribution >= 4 is 46.2 Å². The summed E-state index contributed by atoms with van der Waals surface area (Å²) in [6.45, 7) is 5.13. The third kappa shape index (κ3) is 5.37. The van der Waals surface area contributed by atoms with Crippen molar-refractivity contribution in [1.82, 2.24) is 4.90 Å². The van der Waals surface area contributed by atoms with Crippen molar-refractivity contribution < 1.29 is 24.1 Å². The van der Waals surface area contributed by atoms with Crippen LogP contribution in [0.25, 0.3) is 0 Å². The van der Waals surface area contributed by atoms with Gasteiger partial charge in [0.05, 0.1) is 16.9 Å². The molecule has 0 spiro atoms. The summed E-state index contributed by atoms with van der Waals surface area (Å²) in [7, 11) is 0. The Balaban J connectivity index is 1.75. The van der Waals surface area contributed by atoms with E-state index in [1.165, 1.54) is 41.4 Å². The molecule has 1 saturated heterocycles. The van der Waals surface area contributed by atoms with Crippen LogP contribution in [0.5, 0.6) is 0 Å². The second kappa shape index (κ2) is 10.9. The Morgan fingerprint density at radius 2 is 1.71 bits per heavy atom. The Labute approximate surface area is 240 Å². The van der Waals surface area contributed by atoms with Crippen molar-refractivity contribution in [2.45, 2.75) is 51.6 Å². The first-order valence-corrected chi connectivity index (χ1v) is 14.1. The quantitative estimate of drug-likeness (QED) is 0.227. The van der Waals surface area contributed by atoms with Crippen molar-refractivity contribution in [3.8, 4) is 0 Å². The Bertz CT molecular complexity index is 1560. The van der Waals surface area contributed by atoms with Crippen LogP contribution in [-0.2, 0) is 14.4 Å². The van der Waals surface area contributed by atoms with Crippen LogP contribution in [0.2, 0.25) is 0 Å². The Kier molecular flexibility index (Phi) is 7.48. The number of aryl methyl sites for hydroxylation is 2. The second-order valence-corrected chi connectivity index (χ2v) is 12.2. The summed E-state index contributed by atoms with van der Waals surface area (Å²) in [6.07, 6.45) is 1.31. The number of nitro benzene ring substituents is 1. The Morgan fingerprint density at radius 1 is 1.02 bits per heavy atom. The topological polar surface area (TPSA) is 153 Å². The summed E-state index contributed by atoms with van der Waals surface area (Å²) in [5.74, 6) is -3.68. The van der Waals surface area contributed by atoms with E-state index < -0.39 is 34.7 Å². The molecule has 0 radical (unpaired) electrons. The molecule has 2 aromatic carbocycles. The van der Waals surface area contributed by atoms with E-state index in [0.29, 0.717) is 35.2 Å². The molecule has 1 saturated carbocycles. The van der Waals surface area contributed by atoms with Gasteiger partial charge >= 0.3 is 0 Å². The number of likely N-dealkylation sites (tertiary alicyclic amines) is 1. The van der Waals surface area contributed by atoms with Crippen molar-refractivity contribution in [2.75, 3.05) is 5.32 Å². The maximum atomic E-state index is 14.5. The summed E-state index contributed by atoms with van der Waals surface area (Å²) in [5.41, 5.74) is 7.82. The number of nitrogens with one attached hydrogen (secondary N) is 1. The van der Waals surface area contributed by atoms with E-state index in [1.54, 1.807) is 36.4 Å². The zero-order chi connectivity index (χ0) is 29.6. The zero-order valence-corrected chi connectivity index (χ0v) is 23.6. The first kappa shape index (κ1) is 28.2. The van der Waals surface area contributed by atoms with Crippen molar-refractivity contribution in [3.05, 3.63) is 91.2 Å². The van der Waals surface area contributed by atoms with Crippen molar-refractivity contribution in [2.24, 2.45) is 17.6 Å². The number of nitrogens with zero attached hydrogens (tertiary/aromatic N) is 2. The Morgan fingerprint density at radius 3 is 2.24 bits per heavy atom. The van der Waals surface area contributed by atoms with Gasteiger partial charge in [-0.2, -0.15) is 0 Å². The highest BCUT2D eigenvalue weighted by Crippen LogP contribution is 2.53. The number of benzene rings is 2. The minimum atomic E-state index is -1.17. The first-order valence-electron chi connectivity index (χ1n) is 13.3. The fourth-order valence-electron chi connectivity index (χ4n) is 5.97. The molecule has 1 aliphatic heterocycles. The molecule has 4 unspecified atom stereocenters. The Hall–Kier alpha value is -4.38. The third-order valence-electron chi connectivity index (χ3n) is 7.79. The summed E-state index contributed by atoms with van der Waals surface area (Å²) in [4.78, 5) is 67.6. The largest absolute Gasteiger partial charge is 0.368 e. The van der Waals surface area contributed by atoms with Crippen LogP contribution in [0.3, 0.4) is 0 Å². The lowest BCUT2D eigenvalue weighted by atomic mass is 9.76. The molecule has 2 aliphatic rings. The van der Waals surface area contributed by atoms with Gasteiger partial charge < -0.3 is 16.0 Å². The molecule has 10 nitrogen and oxygen atoms in total. The fourth-order valence-corrected chi connectivity index (χ4v) is 6.90. The predicted octanol–water partition coefficient (Wildman–Crippen LogP) is 4.66. The molecule has 3 amide bonds. The summed E-state index contributed by atoms with van der Waals surface area (Å²) >= 11 is 1.47. The molecule has 3 N–H and O–H groups in total. The van der Waals surface area contributed by atoms with Gasteiger partial charge in [-0.1, -0.05) is 24.3 Å². The lowest BCUT2D eigenvalue weighted by molar-refractivity contribution is -0.385. The van der Waals surface area contributed by atoms with Crippen LogP contribution in [-0.4, -0.2) is 39.4 Å². The molecule has 2 heterocycles. The number of rotatable bonds is 8. The van der Waals surface area contributed by atoms with Gasteiger partial charge in [0.15, 0.2) is 5.78 Å². The van der Waals surface area contributed by atoms with Crippen LogP contribution >= 0.6 is 11.3 Å². The van der Waals surface area contributed by atoms with E-state index in [4.69, 9.17) is 5.73 Å². The predicted molar refractivity (Wildman–Crippen MR) is 153 cm³/mol. The normalized spacial score (nSPS) is 21.9. The highest BCUT2D eigenvalue weighted by Gasteiger charge is 2.58. The number of carbonyl (C=O) groups is 4. The van der Waals surface area contributed by atoms with E-state index in [-0.39, 0.29) is 29.2 Å². The molecule has 1 aliphatic carbocycles. The number of carbonyl (C=O) groups excluding carboxylic acids is 4. The maximum Gasteiger partial charge on any atom is 0.269 e. The molecule has 1 aromatic heterocycles. The number of ketones is 1. The van der Waals surface area contributed by atoms with E-state index in [1.807, 2.05) is 13.8 Å². The van der Waals surface area contributed by atoms with Crippen LogP contribution in [0.1, 0.15) is 63.0 Å². The van der Waals surface area contributed by atoms with E-state index in [0.717, 1.165) is 9.75 Å². The van der Waals surface area contributed by atoms with Gasteiger partial charge in [0.2, 0.25) is 17.7 Å². The molecule has 0 bridgehead atoms. The number of hydrogen-bond acceptors (Lipinski definition) is 7. The molecule has 41 heavy (non-hydrogen) atoms. The molecular formula is C30H30N4O6S. The number of anilines is 1. The van der Waals surface area contributed by atoms with Crippen LogP contribution < -0.4 is 11.1 Å². The molecular weight excluding hydrogens is 544 g/mol. The molecule has 5 rings (SSSR count). The number of non-ortho nitro benzene ring substituents is 1. The standard InChI is InChI=1S/C30H30N4O6S/c1-15-13-23(16(2)41-15)28(36)25-24(18-9-11-21(12-10-18)32-17(3)35)27(29(31)37)33(30(38)19-7-8-19)26(25)20-5-4-6-22(14-20)34(39)40/h4-6,9-14,19,24-27H,7-8H2,1-3H3,(H2,31,37)(H,32,35). The molecule has 4 atom stereocenters. The highest BCUT2D eigenvalue weighted by molar-refractivity contribution is 7.12. The van der Waals surface area contributed by atoms with Gasteiger partial charge in [-0.25, -0.2) is 0 Å². The average molecular weight is 575 g/mol. The number of nitro groups is 1. The molecule has 11 heteroatoms. The molecule has 2 fully saturated rings. The van der Waals surface area contributed by atoms with Gasteiger partial charge in [-0.15, -0.1) is 11.3 Å². The lowest BCUT2D eigenvalue weighted by Gasteiger charge is -2.31. The average Bonchev–Trinajstić information content (AvgIpc) is 3.63. The van der Waals surface area contributed by atoms with Crippen LogP contribution in [0.15, 0.2) is 54.6 Å². The van der Waals surface area contributed by atoms with E-state index in [2.05, 4.69) is 5.32 Å². The third-order valence-corrected chi connectivity index (χ3v) is 8.75. The van der Waals surface area contributed by atoms with Crippen molar-refractivity contribution in [1.29, 1.82) is 0 Å². The number of Topliss-reactive ketones (excluding diaryl/α,β-unsaturated/α-hetero) is 1. The number of nitrogens with two attached hydrogens (primary N) is 1. The van der Waals surface area contributed by atoms with E-state index >= 15 is 0 Å². The number of hydrogen-bond donors (Lipinski definition) is 2. The smallest absolute Gasteiger partial charge is 0.269 e. The van der Waals surface area contributed by atoms with Crippen LogP contribution in [0, 0.1) is 35.8 Å². The van der Waals surface area contributed by atoms with Gasteiger partial charge in [0, 0.05) is 51.9 Å². The SMILES string of the molecule is CC(=O)Nc1ccc(C2C(C(=O)c3cc(C)sc3C)C(c3cccc([N+](=O)[O-])c3)N(C(=O)C3CC3)C2C(N)=O)cc1. The maximum absolute atomic E-state index is 14.5. The zero-order valence-electron chi connectivity index (χ0n) is 22.8. The first-order chi connectivity index (χ1) is 19.5. The number of amides is 3. The molecule has 212 valence electrons. The number of primary amides is 1. The van der Waals surface area contributed by atoms with Gasteiger partial charge in [0.1, 0.15) is 6.04 Å². The second-order valence-electron chi connectivity index (χ2n) is 10.7. The molecule has 3 aromatic rings. The fraction of sp³-hybridized carbons (Fsp3) is 0.333. The van der Waals surface area contributed by atoms with Crippen LogP contribution in [0.4, 0.5) is 11.4 Å². The van der Waals surface area contributed by atoms with Gasteiger partial charge in [-0.3, -0.25) is 29.3 Å². The van der Waals surface area contributed by atoms with Gasteiger partial charge in [-0.05, 0) is 56.0 Å². The minimum absolute atomic E-state index is 0.186. The number of thiophene rings is 1. The van der Waals surface area contributed by atoms with Gasteiger partial charge in [0.25, 0.3) is 5.69 Å². The highest BCUT2D eigenvalue weighted by atomic mass is 32.1. The monoisotopic (exact) mass is 574 g/mol. The van der Waals surface area contributed by atoms with Crippen molar-refractivity contribution in [3.63, 3.8) is 0 Å². The minimum Gasteiger partial charge on any atom is -0.368 e. The summed E-state index contributed by atoms with van der Waals surface area (Å²) in [5, 5.41) is 14.4. The summed E-state index contributed by atoms with van der Waals surface area (Å²) < 4.78 is 0. The van der Waals surface area contributed by atoms with E-state index in [9.17, 15) is 29.3 Å². The lowest BCUT2D eigenvalue weighted by Crippen LogP contribution is -2.47.